The van der Waals surface area contributed by atoms with Gasteiger partial charge in [-0.1, -0.05) is 36.8 Å². The Labute approximate surface area is 113 Å². The van der Waals surface area contributed by atoms with Gasteiger partial charge in [0.1, 0.15) is 0 Å². The van der Waals surface area contributed by atoms with Crippen molar-refractivity contribution < 1.29 is 15.0 Å². The van der Waals surface area contributed by atoms with Crippen molar-refractivity contribution in [2.45, 2.75) is 31.9 Å². The van der Waals surface area contributed by atoms with Crippen LogP contribution in [0.2, 0.25) is 0 Å². The molecule has 1 aliphatic heterocycles. The average molecular weight is 263 g/mol. The van der Waals surface area contributed by atoms with Crippen LogP contribution in [0.1, 0.15) is 24.8 Å². The number of carboxylic acids is 1. The molecule has 1 aromatic carbocycles. The quantitative estimate of drug-likeness (QED) is 0.868. The highest BCUT2D eigenvalue weighted by atomic mass is 16.4. The molecule has 2 rings (SSSR count). The number of hydrogen-bond acceptors (Lipinski definition) is 3. The van der Waals surface area contributed by atoms with Crippen LogP contribution in [0, 0.1) is 5.92 Å². The third-order valence-electron chi connectivity index (χ3n) is 3.74. The van der Waals surface area contributed by atoms with Crippen molar-refractivity contribution in [2.75, 3.05) is 13.1 Å². The summed E-state index contributed by atoms with van der Waals surface area (Å²) in [5, 5.41) is 18.7. The van der Waals surface area contributed by atoms with Crippen molar-refractivity contribution in [1.29, 1.82) is 0 Å². The highest BCUT2D eigenvalue weighted by Crippen LogP contribution is 2.21. The number of aliphatic carboxylic acids is 1. The lowest BCUT2D eigenvalue weighted by atomic mass is 9.97. The van der Waals surface area contributed by atoms with Gasteiger partial charge in [0.2, 0.25) is 0 Å². The molecule has 19 heavy (non-hydrogen) atoms. The largest absolute Gasteiger partial charge is 0.479 e. The van der Waals surface area contributed by atoms with Crippen LogP contribution in [0.3, 0.4) is 0 Å². The van der Waals surface area contributed by atoms with E-state index in [0.29, 0.717) is 6.54 Å². The molecular weight excluding hydrogens is 242 g/mol. The molecule has 2 N–H and O–H groups in total. The Morgan fingerprint density at radius 3 is 2.74 bits per heavy atom. The Balaban J connectivity index is 1.98. The zero-order chi connectivity index (χ0) is 13.7. The molecule has 2 unspecified atom stereocenters. The summed E-state index contributed by atoms with van der Waals surface area (Å²) in [6, 6.07) is 10.2. The van der Waals surface area contributed by atoms with Crippen LogP contribution in [0.4, 0.5) is 0 Å². The summed E-state index contributed by atoms with van der Waals surface area (Å²) in [5.74, 6) is -1.27. The summed E-state index contributed by atoms with van der Waals surface area (Å²) in [7, 11) is 0. The van der Waals surface area contributed by atoms with Gasteiger partial charge in [-0.3, -0.25) is 4.90 Å². The number of aliphatic hydroxyl groups is 1. The SMILES string of the molecule is O=C(O)C(O)C1CCCCN(Cc2ccccc2)C1. The number of rotatable bonds is 4. The fraction of sp³-hybridized carbons (Fsp3) is 0.533. The number of hydrogen-bond donors (Lipinski definition) is 2. The Morgan fingerprint density at radius 1 is 1.32 bits per heavy atom. The van der Waals surface area contributed by atoms with E-state index in [1.807, 2.05) is 18.2 Å². The molecule has 1 aromatic rings. The molecule has 1 heterocycles. The molecular formula is C15H21NO3. The van der Waals surface area contributed by atoms with Crippen LogP contribution in [0.15, 0.2) is 30.3 Å². The van der Waals surface area contributed by atoms with Crippen LogP contribution in [0.25, 0.3) is 0 Å². The van der Waals surface area contributed by atoms with Gasteiger partial charge in [0, 0.05) is 19.0 Å². The molecule has 1 fully saturated rings. The third-order valence-corrected chi connectivity index (χ3v) is 3.74. The highest BCUT2D eigenvalue weighted by Gasteiger charge is 2.28. The Kier molecular flexibility index (Phi) is 4.93. The molecule has 0 radical (unpaired) electrons. The van der Waals surface area contributed by atoms with Crippen molar-refractivity contribution in [2.24, 2.45) is 5.92 Å². The van der Waals surface area contributed by atoms with Crippen LogP contribution in [0.5, 0.6) is 0 Å². The standard InChI is InChI=1S/C15H21NO3/c17-14(15(18)19)13-8-4-5-9-16(11-13)10-12-6-2-1-3-7-12/h1-3,6-7,13-14,17H,4-5,8-11H2,(H,18,19). The van der Waals surface area contributed by atoms with E-state index in [-0.39, 0.29) is 5.92 Å². The molecule has 0 amide bonds. The van der Waals surface area contributed by atoms with E-state index in [2.05, 4.69) is 17.0 Å². The normalized spacial score (nSPS) is 22.7. The first kappa shape index (κ1) is 14.0. The van der Waals surface area contributed by atoms with Gasteiger partial charge in [0.25, 0.3) is 0 Å². The summed E-state index contributed by atoms with van der Waals surface area (Å²) in [4.78, 5) is 13.2. The van der Waals surface area contributed by atoms with Crippen LogP contribution in [-0.2, 0) is 11.3 Å². The minimum absolute atomic E-state index is 0.163. The molecule has 4 nitrogen and oxygen atoms in total. The van der Waals surface area contributed by atoms with E-state index in [1.165, 1.54) is 5.56 Å². The summed E-state index contributed by atoms with van der Waals surface area (Å²) < 4.78 is 0. The minimum Gasteiger partial charge on any atom is -0.479 e. The summed E-state index contributed by atoms with van der Waals surface area (Å²) >= 11 is 0. The van der Waals surface area contributed by atoms with Gasteiger partial charge in [-0.2, -0.15) is 0 Å². The molecule has 0 bridgehead atoms. The van der Waals surface area contributed by atoms with Crippen LogP contribution in [-0.4, -0.2) is 40.3 Å². The molecule has 1 saturated heterocycles. The number of aliphatic hydroxyl groups excluding tert-OH is 1. The van der Waals surface area contributed by atoms with Gasteiger partial charge in [-0.05, 0) is 24.9 Å². The zero-order valence-electron chi connectivity index (χ0n) is 11.0. The van der Waals surface area contributed by atoms with Crippen LogP contribution >= 0.6 is 0 Å². The second-order valence-electron chi connectivity index (χ2n) is 5.26. The molecule has 0 aliphatic carbocycles. The number of likely N-dealkylation sites (tertiary alicyclic amines) is 1. The maximum absolute atomic E-state index is 10.9. The van der Waals surface area contributed by atoms with Crippen molar-refractivity contribution in [3.8, 4) is 0 Å². The van der Waals surface area contributed by atoms with E-state index in [0.717, 1.165) is 32.4 Å². The minimum atomic E-state index is -1.24. The molecule has 4 heteroatoms. The Hall–Kier alpha value is -1.39. The second-order valence-corrected chi connectivity index (χ2v) is 5.26. The zero-order valence-corrected chi connectivity index (χ0v) is 11.0. The lowest BCUT2D eigenvalue weighted by Crippen LogP contribution is -2.37. The predicted octanol–water partition coefficient (Wildman–Crippen LogP) is 1.73. The van der Waals surface area contributed by atoms with E-state index in [9.17, 15) is 9.90 Å². The first-order valence-electron chi connectivity index (χ1n) is 6.84. The van der Waals surface area contributed by atoms with Gasteiger partial charge < -0.3 is 10.2 Å². The van der Waals surface area contributed by atoms with E-state index >= 15 is 0 Å². The van der Waals surface area contributed by atoms with Crippen molar-refractivity contribution in [3.63, 3.8) is 0 Å². The topological polar surface area (TPSA) is 60.8 Å². The highest BCUT2D eigenvalue weighted by molar-refractivity contribution is 5.72. The molecule has 0 saturated carbocycles. The number of carboxylic acid groups (broad SMARTS) is 1. The van der Waals surface area contributed by atoms with Gasteiger partial charge >= 0.3 is 5.97 Å². The summed E-state index contributed by atoms with van der Waals surface area (Å²) in [5.41, 5.74) is 1.23. The first-order valence-corrected chi connectivity index (χ1v) is 6.84. The lowest BCUT2D eigenvalue weighted by Gasteiger charge is -2.25. The van der Waals surface area contributed by atoms with Crippen molar-refractivity contribution >= 4 is 5.97 Å². The Morgan fingerprint density at radius 2 is 2.05 bits per heavy atom. The van der Waals surface area contributed by atoms with Gasteiger partial charge in [-0.15, -0.1) is 0 Å². The van der Waals surface area contributed by atoms with Crippen LogP contribution < -0.4 is 0 Å². The molecule has 2 atom stereocenters. The van der Waals surface area contributed by atoms with Gasteiger partial charge in [0.05, 0.1) is 0 Å². The van der Waals surface area contributed by atoms with E-state index in [1.54, 1.807) is 0 Å². The van der Waals surface area contributed by atoms with Crippen molar-refractivity contribution in [1.82, 2.24) is 4.90 Å². The summed E-state index contributed by atoms with van der Waals surface area (Å²) in [6.07, 6.45) is 1.60. The maximum atomic E-state index is 10.9. The maximum Gasteiger partial charge on any atom is 0.332 e. The number of nitrogens with zero attached hydrogens (tertiary/aromatic N) is 1. The smallest absolute Gasteiger partial charge is 0.332 e. The summed E-state index contributed by atoms with van der Waals surface area (Å²) in [6.45, 7) is 2.45. The van der Waals surface area contributed by atoms with E-state index in [4.69, 9.17) is 5.11 Å². The molecule has 1 aliphatic rings. The van der Waals surface area contributed by atoms with Gasteiger partial charge in [0.15, 0.2) is 6.10 Å². The number of carbonyl (C=O) groups is 1. The fourth-order valence-electron chi connectivity index (χ4n) is 2.70. The monoisotopic (exact) mass is 263 g/mol. The Bertz CT molecular complexity index is 407. The second kappa shape index (κ2) is 6.68. The first-order chi connectivity index (χ1) is 9.16. The average Bonchev–Trinajstić information content (AvgIpc) is 2.64. The van der Waals surface area contributed by atoms with Gasteiger partial charge in [-0.25, -0.2) is 4.79 Å². The number of benzene rings is 1. The molecule has 0 spiro atoms. The van der Waals surface area contributed by atoms with E-state index < -0.39 is 12.1 Å². The third kappa shape index (κ3) is 4.04. The fourth-order valence-corrected chi connectivity index (χ4v) is 2.70. The predicted molar refractivity (Wildman–Crippen MR) is 72.7 cm³/mol. The molecule has 104 valence electrons. The van der Waals surface area contributed by atoms with Crippen molar-refractivity contribution in [3.05, 3.63) is 35.9 Å². The lowest BCUT2D eigenvalue weighted by molar-refractivity contribution is -0.150. The molecule has 0 aromatic heterocycles.